The molecule has 1 aromatic rings. The average molecular weight is 375 g/mol. The van der Waals surface area contributed by atoms with E-state index in [2.05, 4.69) is 30.4 Å². The molecule has 27 heavy (non-hydrogen) atoms. The molecule has 0 aromatic heterocycles. The number of nitrogens with one attached hydrogen (secondary N) is 1. The molecule has 0 fully saturated rings. The number of rotatable bonds is 11. The van der Waals surface area contributed by atoms with Crippen LogP contribution in [0.1, 0.15) is 83.2 Å². The summed E-state index contributed by atoms with van der Waals surface area (Å²) in [6, 6.07) is 8.76. The standard InChI is InChI=1S/C22H34N2O3/c1-3-21(25)24-17(2)16-19(18-12-9-10-13-20(18)24)23-15-11-7-5-4-6-8-14-22(26)27/h9-10,12-13,17,19,23H,3-8,11,14-16H2,1-2H3,(H,26,27)/t17-,19+/m0/s1. The molecular weight excluding hydrogens is 340 g/mol. The largest absolute Gasteiger partial charge is 0.481 e. The fourth-order valence-electron chi connectivity index (χ4n) is 3.94. The van der Waals surface area contributed by atoms with Crippen molar-refractivity contribution in [2.24, 2.45) is 0 Å². The summed E-state index contributed by atoms with van der Waals surface area (Å²) < 4.78 is 0. The molecule has 0 unspecified atom stereocenters. The minimum absolute atomic E-state index is 0.191. The molecule has 1 aliphatic rings. The number of anilines is 1. The van der Waals surface area contributed by atoms with E-state index < -0.39 is 5.97 Å². The van der Waals surface area contributed by atoms with E-state index in [0.717, 1.165) is 50.8 Å². The van der Waals surface area contributed by atoms with Crippen LogP contribution in [0.5, 0.6) is 0 Å². The summed E-state index contributed by atoms with van der Waals surface area (Å²) in [5.74, 6) is -0.503. The molecule has 1 heterocycles. The van der Waals surface area contributed by atoms with Crippen molar-refractivity contribution < 1.29 is 14.7 Å². The number of hydrogen-bond acceptors (Lipinski definition) is 3. The van der Waals surface area contributed by atoms with Gasteiger partial charge in [0.2, 0.25) is 5.91 Å². The van der Waals surface area contributed by atoms with E-state index in [1.165, 1.54) is 12.0 Å². The van der Waals surface area contributed by atoms with Crippen LogP contribution < -0.4 is 10.2 Å². The molecule has 0 bridgehead atoms. The third-order valence-corrected chi connectivity index (χ3v) is 5.37. The Morgan fingerprint density at radius 2 is 1.78 bits per heavy atom. The number of nitrogens with zero attached hydrogens (tertiary/aromatic N) is 1. The van der Waals surface area contributed by atoms with E-state index in [1.807, 2.05) is 17.9 Å². The first kappa shape index (κ1) is 21.4. The lowest BCUT2D eigenvalue weighted by Gasteiger charge is -2.39. The highest BCUT2D eigenvalue weighted by Gasteiger charge is 2.32. The molecule has 1 aliphatic heterocycles. The third-order valence-electron chi connectivity index (χ3n) is 5.37. The van der Waals surface area contributed by atoms with Crippen molar-refractivity contribution in [3.05, 3.63) is 29.8 Å². The summed E-state index contributed by atoms with van der Waals surface area (Å²) >= 11 is 0. The maximum Gasteiger partial charge on any atom is 0.303 e. The number of carbonyl (C=O) groups excluding carboxylic acids is 1. The van der Waals surface area contributed by atoms with Gasteiger partial charge in [-0.25, -0.2) is 0 Å². The monoisotopic (exact) mass is 374 g/mol. The summed E-state index contributed by atoms with van der Waals surface area (Å²) in [6.45, 7) is 5.03. The lowest BCUT2D eigenvalue weighted by atomic mass is 9.91. The van der Waals surface area contributed by atoms with E-state index >= 15 is 0 Å². The van der Waals surface area contributed by atoms with E-state index in [9.17, 15) is 9.59 Å². The van der Waals surface area contributed by atoms with Gasteiger partial charge in [0.1, 0.15) is 0 Å². The zero-order chi connectivity index (χ0) is 19.6. The molecule has 150 valence electrons. The van der Waals surface area contributed by atoms with Crippen molar-refractivity contribution in [2.75, 3.05) is 11.4 Å². The predicted octanol–water partition coefficient (Wildman–Crippen LogP) is 4.67. The van der Waals surface area contributed by atoms with Crippen LogP contribution in [0.25, 0.3) is 0 Å². The molecular formula is C22H34N2O3. The number of hydrogen-bond donors (Lipinski definition) is 2. The van der Waals surface area contributed by atoms with Crippen molar-refractivity contribution >= 4 is 17.6 Å². The summed E-state index contributed by atoms with van der Waals surface area (Å²) in [7, 11) is 0. The van der Waals surface area contributed by atoms with Crippen LogP contribution in [0.4, 0.5) is 5.69 Å². The second-order valence-electron chi connectivity index (χ2n) is 7.53. The topological polar surface area (TPSA) is 69.6 Å². The number of unbranched alkanes of at least 4 members (excludes halogenated alkanes) is 5. The lowest BCUT2D eigenvalue weighted by molar-refractivity contribution is -0.137. The molecule has 5 nitrogen and oxygen atoms in total. The van der Waals surface area contributed by atoms with Crippen LogP contribution in [0.15, 0.2) is 24.3 Å². The molecule has 2 atom stereocenters. The van der Waals surface area contributed by atoms with Gasteiger partial charge in [-0.2, -0.15) is 0 Å². The van der Waals surface area contributed by atoms with Crippen LogP contribution >= 0.6 is 0 Å². The Labute approximate surface area is 163 Å². The zero-order valence-corrected chi connectivity index (χ0v) is 16.7. The van der Waals surface area contributed by atoms with Gasteiger partial charge in [0, 0.05) is 30.6 Å². The Kier molecular flexibility index (Phi) is 8.79. The second-order valence-corrected chi connectivity index (χ2v) is 7.53. The molecule has 5 heteroatoms. The number of para-hydroxylation sites is 1. The normalized spacial score (nSPS) is 19.0. The number of benzene rings is 1. The fraction of sp³-hybridized carbons (Fsp3) is 0.636. The van der Waals surface area contributed by atoms with Gasteiger partial charge in [0.05, 0.1) is 0 Å². The van der Waals surface area contributed by atoms with Crippen molar-refractivity contribution in [1.29, 1.82) is 0 Å². The summed E-state index contributed by atoms with van der Waals surface area (Å²) in [5, 5.41) is 12.3. The van der Waals surface area contributed by atoms with Crippen molar-refractivity contribution in [3.8, 4) is 0 Å². The van der Waals surface area contributed by atoms with Gasteiger partial charge in [-0.1, -0.05) is 50.8 Å². The highest BCUT2D eigenvalue weighted by atomic mass is 16.4. The number of carboxylic acid groups (broad SMARTS) is 1. The molecule has 2 N–H and O–H groups in total. The van der Waals surface area contributed by atoms with Crippen LogP contribution in [-0.2, 0) is 9.59 Å². The predicted molar refractivity (Wildman–Crippen MR) is 109 cm³/mol. The second kappa shape index (κ2) is 11.1. The molecule has 0 spiro atoms. The van der Waals surface area contributed by atoms with Gasteiger partial charge in [-0.05, 0) is 44.4 Å². The van der Waals surface area contributed by atoms with E-state index in [0.29, 0.717) is 18.9 Å². The fourth-order valence-corrected chi connectivity index (χ4v) is 3.94. The Morgan fingerprint density at radius 3 is 2.48 bits per heavy atom. The Bertz CT molecular complexity index is 617. The Hall–Kier alpha value is -1.88. The summed E-state index contributed by atoms with van der Waals surface area (Å²) in [5.41, 5.74) is 2.28. The Balaban J connectivity index is 1.77. The number of carbonyl (C=O) groups is 2. The Morgan fingerprint density at radius 1 is 1.11 bits per heavy atom. The van der Waals surface area contributed by atoms with Gasteiger partial charge in [0.15, 0.2) is 0 Å². The van der Waals surface area contributed by atoms with Crippen LogP contribution in [0.2, 0.25) is 0 Å². The molecule has 0 aliphatic carbocycles. The van der Waals surface area contributed by atoms with E-state index in [1.54, 1.807) is 0 Å². The summed E-state index contributed by atoms with van der Waals surface area (Å²) in [6.07, 6.45) is 8.14. The molecule has 0 radical (unpaired) electrons. The number of amides is 1. The quantitative estimate of drug-likeness (QED) is 0.552. The third kappa shape index (κ3) is 6.35. The van der Waals surface area contributed by atoms with Gasteiger partial charge < -0.3 is 15.3 Å². The average Bonchev–Trinajstić information content (AvgIpc) is 2.65. The molecule has 0 saturated heterocycles. The van der Waals surface area contributed by atoms with Crippen LogP contribution in [-0.4, -0.2) is 29.6 Å². The number of carboxylic acids is 1. The SMILES string of the molecule is CCC(=O)N1c2ccccc2[C@H](NCCCCCCCCC(=O)O)C[C@@H]1C. The van der Waals surface area contributed by atoms with Gasteiger partial charge in [-0.3, -0.25) is 9.59 Å². The number of fused-ring (bicyclic) bond motifs is 1. The number of aliphatic carboxylic acids is 1. The smallest absolute Gasteiger partial charge is 0.303 e. The first-order valence-corrected chi connectivity index (χ1v) is 10.4. The molecule has 1 aromatic carbocycles. The molecule has 0 saturated carbocycles. The molecule has 2 rings (SSSR count). The van der Waals surface area contributed by atoms with Gasteiger partial charge in [-0.15, -0.1) is 0 Å². The lowest BCUT2D eigenvalue weighted by Crippen LogP contribution is -2.45. The van der Waals surface area contributed by atoms with E-state index in [4.69, 9.17) is 5.11 Å². The van der Waals surface area contributed by atoms with Gasteiger partial charge in [0.25, 0.3) is 0 Å². The van der Waals surface area contributed by atoms with Gasteiger partial charge >= 0.3 is 5.97 Å². The minimum atomic E-state index is -0.694. The van der Waals surface area contributed by atoms with Crippen molar-refractivity contribution in [2.45, 2.75) is 83.7 Å². The maximum absolute atomic E-state index is 12.4. The van der Waals surface area contributed by atoms with Crippen LogP contribution in [0, 0.1) is 0 Å². The van der Waals surface area contributed by atoms with E-state index in [-0.39, 0.29) is 11.9 Å². The maximum atomic E-state index is 12.4. The highest BCUT2D eigenvalue weighted by molar-refractivity contribution is 5.95. The van der Waals surface area contributed by atoms with Crippen molar-refractivity contribution in [1.82, 2.24) is 5.32 Å². The minimum Gasteiger partial charge on any atom is -0.481 e. The zero-order valence-electron chi connectivity index (χ0n) is 16.7. The van der Waals surface area contributed by atoms with Crippen LogP contribution in [0.3, 0.4) is 0 Å². The highest BCUT2D eigenvalue weighted by Crippen LogP contribution is 2.37. The first-order valence-electron chi connectivity index (χ1n) is 10.4. The molecule has 1 amide bonds. The van der Waals surface area contributed by atoms with Crippen molar-refractivity contribution in [3.63, 3.8) is 0 Å². The first-order chi connectivity index (χ1) is 13.0. The summed E-state index contributed by atoms with van der Waals surface area (Å²) in [4.78, 5) is 24.8.